The van der Waals surface area contributed by atoms with Crippen molar-refractivity contribution in [2.75, 3.05) is 0 Å². The minimum atomic E-state index is -6.31. The predicted molar refractivity (Wildman–Crippen MR) is 60.9 cm³/mol. The van der Waals surface area contributed by atoms with E-state index >= 15 is 0 Å². The van der Waals surface area contributed by atoms with Crippen LogP contribution in [-0.4, -0.2) is 31.9 Å². The van der Waals surface area contributed by atoms with Crippen LogP contribution in [0.3, 0.4) is 0 Å². The zero-order valence-electron chi connectivity index (χ0n) is 12.1. The summed E-state index contributed by atoms with van der Waals surface area (Å²) in [6, 6.07) is 0. The van der Waals surface area contributed by atoms with Gasteiger partial charge in [-0.05, 0) is 6.92 Å². The van der Waals surface area contributed by atoms with E-state index < -0.39 is 46.9 Å². The lowest BCUT2D eigenvalue weighted by atomic mass is 10.2. The number of fused-ring (bicyclic) bond motifs is 1. The molecular formula is C11H6F10N4. The van der Waals surface area contributed by atoms with Crippen LogP contribution in [0.1, 0.15) is 17.3 Å². The highest BCUT2D eigenvalue weighted by Crippen LogP contribution is 2.47. The van der Waals surface area contributed by atoms with Crippen LogP contribution in [0.15, 0.2) is 0 Å². The summed E-state index contributed by atoms with van der Waals surface area (Å²) in [5.74, 6) is -14.5. The molecule has 0 N–H and O–H groups in total. The van der Waals surface area contributed by atoms with Gasteiger partial charge in [0.05, 0.1) is 0 Å². The number of imidazole rings is 1. The third-order valence-corrected chi connectivity index (χ3v) is 3.23. The standard InChI is InChI=1S/C11H6F10N4/c1-3-22-4-5(8(12,13)10(16,17)18)23-7(24-6(4)25(3)2)9(14,15)11(19,20)21/h1-2H3. The monoisotopic (exact) mass is 384 g/mol. The topological polar surface area (TPSA) is 43.6 Å². The molecular weight excluding hydrogens is 378 g/mol. The molecule has 0 saturated carbocycles. The van der Waals surface area contributed by atoms with Crippen molar-refractivity contribution in [3.05, 3.63) is 17.3 Å². The molecule has 14 heteroatoms. The Morgan fingerprint density at radius 3 is 1.64 bits per heavy atom. The van der Waals surface area contributed by atoms with Crippen LogP contribution in [0, 0.1) is 6.92 Å². The van der Waals surface area contributed by atoms with Gasteiger partial charge in [-0.2, -0.15) is 43.9 Å². The van der Waals surface area contributed by atoms with Gasteiger partial charge in [0.15, 0.2) is 11.3 Å². The molecule has 0 aliphatic carbocycles. The summed E-state index contributed by atoms with van der Waals surface area (Å²) in [6.07, 6.45) is -12.6. The van der Waals surface area contributed by atoms with Gasteiger partial charge in [0.1, 0.15) is 11.3 Å². The maximum atomic E-state index is 13.6. The Hall–Kier alpha value is -2.15. The summed E-state index contributed by atoms with van der Waals surface area (Å²) in [4.78, 5) is 8.32. The van der Waals surface area contributed by atoms with Crippen LogP contribution < -0.4 is 0 Å². The van der Waals surface area contributed by atoms with Gasteiger partial charge in [0.25, 0.3) is 0 Å². The molecule has 0 aliphatic rings. The van der Waals surface area contributed by atoms with Crippen molar-refractivity contribution in [1.82, 2.24) is 19.5 Å². The molecule has 140 valence electrons. The largest absolute Gasteiger partial charge is 0.461 e. The van der Waals surface area contributed by atoms with E-state index in [0.717, 1.165) is 14.0 Å². The fourth-order valence-corrected chi connectivity index (χ4v) is 1.79. The molecule has 0 amide bonds. The van der Waals surface area contributed by atoms with Gasteiger partial charge in [-0.15, -0.1) is 0 Å². The third kappa shape index (κ3) is 2.76. The molecule has 2 heterocycles. The van der Waals surface area contributed by atoms with E-state index in [-0.39, 0.29) is 5.82 Å². The van der Waals surface area contributed by atoms with Crippen molar-refractivity contribution in [3.63, 3.8) is 0 Å². The Morgan fingerprint density at radius 1 is 0.720 bits per heavy atom. The van der Waals surface area contributed by atoms with Crippen LogP contribution in [0.25, 0.3) is 11.2 Å². The molecule has 0 saturated heterocycles. The van der Waals surface area contributed by atoms with Crippen LogP contribution in [-0.2, 0) is 18.9 Å². The number of aryl methyl sites for hydroxylation is 2. The quantitative estimate of drug-likeness (QED) is 0.736. The van der Waals surface area contributed by atoms with Crippen LogP contribution in [0.2, 0.25) is 0 Å². The highest BCUT2D eigenvalue weighted by Gasteiger charge is 2.64. The second-order valence-electron chi connectivity index (χ2n) is 4.93. The van der Waals surface area contributed by atoms with Gasteiger partial charge in [0, 0.05) is 7.05 Å². The average Bonchev–Trinajstić information content (AvgIpc) is 2.71. The lowest BCUT2D eigenvalue weighted by molar-refractivity contribution is -0.296. The molecule has 0 radical (unpaired) electrons. The van der Waals surface area contributed by atoms with Gasteiger partial charge >= 0.3 is 24.2 Å². The first-order valence-corrected chi connectivity index (χ1v) is 6.13. The molecule has 0 bridgehead atoms. The van der Waals surface area contributed by atoms with E-state index in [4.69, 9.17) is 0 Å². The van der Waals surface area contributed by atoms with Gasteiger partial charge in [0.2, 0.25) is 5.82 Å². The number of nitrogens with zero attached hydrogens (tertiary/aromatic N) is 4. The molecule has 0 aromatic carbocycles. The van der Waals surface area contributed by atoms with Crippen molar-refractivity contribution in [1.29, 1.82) is 0 Å². The number of hydrogen-bond acceptors (Lipinski definition) is 3. The zero-order chi connectivity index (χ0) is 19.6. The summed E-state index contributed by atoms with van der Waals surface area (Å²) in [5.41, 5.74) is -4.64. The third-order valence-electron chi connectivity index (χ3n) is 3.23. The van der Waals surface area contributed by atoms with Crippen LogP contribution in [0.4, 0.5) is 43.9 Å². The maximum Gasteiger partial charge on any atom is 0.461 e. The zero-order valence-corrected chi connectivity index (χ0v) is 12.1. The van der Waals surface area contributed by atoms with E-state index in [1.165, 1.54) is 0 Å². The van der Waals surface area contributed by atoms with Crippen molar-refractivity contribution in [2.24, 2.45) is 7.05 Å². The van der Waals surface area contributed by atoms with Gasteiger partial charge in [-0.25, -0.2) is 15.0 Å². The number of hydrogen-bond donors (Lipinski definition) is 0. The van der Waals surface area contributed by atoms with Crippen LogP contribution >= 0.6 is 0 Å². The summed E-state index contributed by atoms with van der Waals surface area (Å²) in [6.45, 7) is 1.10. The highest BCUT2D eigenvalue weighted by atomic mass is 19.4. The summed E-state index contributed by atoms with van der Waals surface area (Å²) in [5, 5.41) is 0. The summed E-state index contributed by atoms with van der Waals surface area (Å²) < 4.78 is 130. The van der Waals surface area contributed by atoms with Crippen molar-refractivity contribution in [3.8, 4) is 0 Å². The fourth-order valence-electron chi connectivity index (χ4n) is 1.79. The first kappa shape index (κ1) is 19.2. The SMILES string of the molecule is Cc1nc2c(C(F)(F)C(F)(F)F)nc(C(F)(F)C(F)(F)F)nc2n1C. The first-order chi connectivity index (χ1) is 11.0. The van der Waals surface area contributed by atoms with Gasteiger partial charge in [-0.3, -0.25) is 0 Å². The molecule has 2 aromatic heterocycles. The number of alkyl halides is 10. The van der Waals surface area contributed by atoms with Crippen molar-refractivity contribution >= 4 is 11.2 Å². The Bertz CT molecular complexity index is 817. The average molecular weight is 384 g/mol. The number of aromatic nitrogens is 4. The minimum absolute atomic E-state index is 0.254. The molecule has 2 aromatic rings. The Morgan fingerprint density at radius 2 is 1.20 bits per heavy atom. The summed E-state index contributed by atoms with van der Waals surface area (Å²) >= 11 is 0. The molecule has 0 spiro atoms. The van der Waals surface area contributed by atoms with Crippen molar-refractivity contribution < 1.29 is 43.9 Å². The van der Waals surface area contributed by atoms with Crippen molar-refractivity contribution in [2.45, 2.75) is 31.1 Å². The van der Waals surface area contributed by atoms with E-state index in [9.17, 15) is 43.9 Å². The smallest absolute Gasteiger partial charge is 0.316 e. The molecule has 4 nitrogen and oxygen atoms in total. The fraction of sp³-hybridized carbons (Fsp3) is 0.545. The Labute approximate surface area is 131 Å². The molecule has 2 rings (SSSR count). The molecule has 0 aliphatic heterocycles. The lowest BCUT2D eigenvalue weighted by Gasteiger charge is -2.22. The lowest BCUT2D eigenvalue weighted by Crippen LogP contribution is -2.39. The Kier molecular flexibility index (Phi) is 3.97. The minimum Gasteiger partial charge on any atom is -0.316 e. The van der Waals surface area contributed by atoms with E-state index in [1.54, 1.807) is 0 Å². The normalized spacial score (nSPS) is 14.4. The number of rotatable bonds is 2. The molecule has 25 heavy (non-hydrogen) atoms. The van der Waals surface area contributed by atoms with Gasteiger partial charge < -0.3 is 4.57 Å². The first-order valence-electron chi connectivity index (χ1n) is 6.13. The second kappa shape index (κ2) is 5.17. The van der Waals surface area contributed by atoms with E-state index in [1.807, 2.05) is 0 Å². The Balaban J connectivity index is 2.93. The maximum absolute atomic E-state index is 13.6. The predicted octanol–water partition coefficient (Wildman–Crippen LogP) is 3.98. The van der Waals surface area contributed by atoms with Crippen LogP contribution in [0.5, 0.6) is 0 Å². The number of halogens is 10. The van der Waals surface area contributed by atoms with Gasteiger partial charge in [-0.1, -0.05) is 0 Å². The highest BCUT2D eigenvalue weighted by molar-refractivity contribution is 5.75. The molecule has 0 atom stereocenters. The second-order valence-corrected chi connectivity index (χ2v) is 4.93. The summed E-state index contributed by atoms with van der Waals surface area (Å²) in [7, 11) is 0.989. The van der Waals surface area contributed by atoms with E-state index in [0.29, 0.717) is 4.57 Å². The molecule has 0 unspecified atom stereocenters. The van der Waals surface area contributed by atoms with E-state index in [2.05, 4.69) is 15.0 Å². The molecule has 0 fully saturated rings.